The molecule has 2 fully saturated rings. The second-order valence-corrected chi connectivity index (χ2v) is 16.9. The molecule has 0 N–H and O–H groups in total. The summed E-state index contributed by atoms with van der Waals surface area (Å²) < 4.78 is 0. The highest BCUT2D eigenvalue weighted by molar-refractivity contribution is 6.98. The Kier molecular flexibility index (Phi) is 4.60. The molecular formula is C45H38BN. The largest absolute Gasteiger partial charge is 0.309 e. The minimum Gasteiger partial charge on any atom is -0.309 e. The monoisotopic (exact) mass is 603 g/mol. The number of fused-ring (bicyclic) bond motifs is 2. The number of hydrogen-bond donors (Lipinski definition) is 0. The predicted molar refractivity (Wildman–Crippen MR) is 199 cm³/mol. The maximum absolute atomic E-state index is 2.72. The van der Waals surface area contributed by atoms with E-state index in [1.165, 1.54) is 115 Å². The molecule has 7 aliphatic rings. The highest BCUT2D eigenvalue weighted by atomic mass is 15.2. The van der Waals surface area contributed by atoms with E-state index in [-0.39, 0.29) is 12.1 Å². The third-order valence-electron chi connectivity index (χ3n) is 13.4. The first-order valence-electron chi connectivity index (χ1n) is 18.1. The van der Waals surface area contributed by atoms with Gasteiger partial charge in [-0.25, -0.2) is 0 Å². The number of benzene rings is 6. The summed E-state index contributed by atoms with van der Waals surface area (Å²) in [5.74, 6) is 3.41. The molecule has 226 valence electrons. The van der Waals surface area contributed by atoms with Gasteiger partial charge in [0.1, 0.15) is 0 Å². The maximum Gasteiger partial charge on any atom is 0.246 e. The molecule has 2 saturated carbocycles. The Labute approximate surface area is 277 Å². The van der Waals surface area contributed by atoms with Crippen LogP contribution in [0.4, 0.5) is 17.1 Å². The van der Waals surface area contributed by atoms with Crippen LogP contribution in [0, 0.1) is 11.8 Å². The number of hydrogen-bond acceptors (Lipinski definition) is 1. The number of nitrogens with zero attached hydrogens (tertiary/aromatic N) is 1. The molecule has 0 spiro atoms. The van der Waals surface area contributed by atoms with Gasteiger partial charge in [0, 0.05) is 33.3 Å². The van der Waals surface area contributed by atoms with Crippen LogP contribution < -0.4 is 21.3 Å². The van der Waals surface area contributed by atoms with Gasteiger partial charge in [0.05, 0.1) is 5.69 Å². The second kappa shape index (κ2) is 8.40. The molecule has 6 aromatic carbocycles. The molecule has 47 heavy (non-hydrogen) atoms. The van der Waals surface area contributed by atoms with E-state index in [4.69, 9.17) is 0 Å². The minimum absolute atomic E-state index is 0.0503. The Hall–Kier alpha value is -4.30. The fourth-order valence-corrected chi connectivity index (χ4v) is 11.6. The molecule has 3 aliphatic heterocycles. The van der Waals surface area contributed by atoms with Crippen molar-refractivity contribution in [3.8, 4) is 22.3 Å². The summed E-state index contributed by atoms with van der Waals surface area (Å²) >= 11 is 0. The fraction of sp³-hybridized carbons (Fsp3) is 0.289. The molecular weight excluding hydrogens is 565 g/mol. The lowest BCUT2D eigenvalue weighted by atomic mass is 9.34. The van der Waals surface area contributed by atoms with Gasteiger partial charge in [-0.2, -0.15) is 0 Å². The normalized spacial score (nSPS) is 23.6. The molecule has 4 bridgehead atoms. The Morgan fingerprint density at radius 1 is 0.553 bits per heavy atom. The minimum atomic E-state index is 0.0503. The van der Waals surface area contributed by atoms with E-state index in [1.807, 2.05) is 0 Å². The van der Waals surface area contributed by atoms with Gasteiger partial charge in [-0.3, -0.25) is 0 Å². The van der Waals surface area contributed by atoms with Crippen LogP contribution in [0.3, 0.4) is 0 Å². The molecule has 1 nitrogen and oxygen atoms in total. The molecule has 0 amide bonds. The molecule has 0 aromatic heterocycles. The van der Waals surface area contributed by atoms with Crippen molar-refractivity contribution in [3.05, 3.63) is 108 Å². The van der Waals surface area contributed by atoms with Gasteiger partial charge in [-0.1, -0.05) is 105 Å². The van der Waals surface area contributed by atoms with Crippen molar-refractivity contribution in [3.63, 3.8) is 0 Å². The quantitative estimate of drug-likeness (QED) is 0.169. The van der Waals surface area contributed by atoms with Gasteiger partial charge >= 0.3 is 0 Å². The highest BCUT2D eigenvalue weighted by Gasteiger charge is 2.46. The molecule has 13 rings (SSSR count). The summed E-state index contributed by atoms with van der Waals surface area (Å²) in [6.45, 7) is 7.28. The lowest BCUT2D eigenvalue weighted by Gasteiger charge is -2.46. The zero-order valence-electron chi connectivity index (χ0n) is 27.5. The van der Waals surface area contributed by atoms with Crippen molar-refractivity contribution in [1.29, 1.82) is 0 Å². The maximum atomic E-state index is 2.72. The third-order valence-corrected chi connectivity index (χ3v) is 13.4. The second-order valence-electron chi connectivity index (χ2n) is 16.9. The van der Waals surface area contributed by atoms with Crippen molar-refractivity contribution in [2.75, 3.05) is 4.90 Å². The fourth-order valence-electron chi connectivity index (χ4n) is 11.6. The van der Waals surface area contributed by atoms with Gasteiger partial charge in [-0.05, 0) is 123 Å². The summed E-state index contributed by atoms with van der Waals surface area (Å²) in [6.07, 6.45) is 7.15. The summed E-state index contributed by atoms with van der Waals surface area (Å²) in [5.41, 5.74) is 19.0. The van der Waals surface area contributed by atoms with Crippen LogP contribution in [0.25, 0.3) is 43.8 Å². The van der Waals surface area contributed by atoms with Gasteiger partial charge in [0.2, 0.25) is 6.71 Å². The van der Waals surface area contributed by atoms with E-state index in [0.717, 1.165) is 23.7 Å². The summed E-state index contributed by atoms with van der Waals surface area (Å²) in [7, 11) is 0. The molecule has 0 saturated heterocycles. The van der Waals surface area contributed by atoms with E-state index >= 15 is 0 Å². The van der Waals surface area contributed by atoms with Crippen LogP contribution >= 0.6 is 0 Å². The van der Waals surface area contributed by atoms with Gasteiger partial charge in [0.15, 0.2) is 0 Å². The lowest BCUT2D eigenvalue weighted by Crippen LogP contribution is -2.58. The molecule has 0 radical (unpaired) electrons. The van der Waals surface area contributed by atoms with Crippen LogP contribution in [0.1, 0.15) is 81.4 Å². The molecule has 2 atom stereocenters. The van der Waals surface area contributed by atoms with E-state index in [0.29, 0.717) is 0 Å². The van der Waals surface area contributed by atoms with Crippen molar-refractivity contribution in [2.45, 2.75) is 70.1 Å². The molecule has 2 heteroatoms. The average molecular weight is 604 g/mol. The summed E-state index contributed by atoms with van der Waals surface area (Å²) in [4.78, 5) is 2.72. The first-order chi connectivity index (χ1) is 22.9. The van der Waals surface area contributed by atoms with Gasteiger partial charge in [0.25, 0.3) is 0 Å². The van der Waals surface area contributed by atoms with Crippen LogP contribution in [0.5, 0.6) is 0 Å². The molecule has 2 unspecified atom stereocenters. The Bertz CT molecular complexity index is 2300. The zero-order valence-corrected chi connectivity index (χ0v) is 27.5. The standard InChI is InChI=1S/C45H38BN/c1-45(2,3)30-21-36-33-8-4-6-26-10-14-38-43(40(26)33)47-42(36)37(22-30)34-9-5-7-27-11-15-39(44(47)41(27)34)46(38)31-12-13-32-28-17-24-16-25(18-28)20-29(19-24)35(32)23-31/h4-15,21-25,28-29H,16-20H2,1-3H3. The Morgan fingerprint density at radius 3 is 1.70 bits per heavy atom. The van der Waals surface area contributed by atoms with Crippen LogP contribution in [-0.2, 0) is 5.41 Å². The smallest absolute Gasteiger partial charge is 0.246 e. The van der Waals surface area contributed by atoms with Crippen molar-refractivity contribution in [2.24, 2.45) is 11.8 Å². The van der Waals surface area contributed by atoms with Gasteiger partial charge < -0.3 is 4.90 Å². The first-order valence-corrected chi connectivity index (χ1v) is 18.1. The summed E-state index contributed by atoms with van der Waals surface area (Å²) in [5, 5.41) is 5.54. The van der Waals surface area contributed by atoms with Crippen LogP contribution in [0.15, 0.2) is 91.0 Å². The Morgan fingerprint density at radius 2 is 1.13 bits per heavy atom. The summed E-state index contributed by atoms with van der Waals surface area (Å²) in [6, 6.07) is 36.6. The predicted octanol–water partition coefficient (Wildman–Crippen LogP) is 9.94. The van der Waals surface area contributed by atoms with Crippen molar-refractivity contribution in [1.82, 2.24) is 0 Å². The van der Waals surface area contributed by atoms with E-state index < -0.39 is 0 Å². The SMILES string of the molecule is CC(C)(C)c1cc2c3c(c1)-c1cccc4ccc5c(c14)N3c1c(ccc3cccc-2c13)B5c1ccc2c(c1)C1CC3CC(CC2C3)C1. The average Bonchev–Trinajstić information content (AvgIpc) is 3.24. The topological polar surface area (TPSA) is 3.24 Å². The molecule has 3 heterocycles. The number of rotatable bonds is 1. The molecule has 4 aliphatic carbocycles. The van der Waals surface area contributed by atoms with Crippen LogP contribution in [-0.4, -0.2) is 6.71 Å². The first kappa shape index (κ1) is 25.8. The van der Waals surface area contributed by atoms with Crippen LogP contribution in [0.2, 0.25) is 0 Å². The molecule has 6 aromatic rings. The highest BCUT2D eigenvalue weighted by Crippen LogP contribution is 2.60. The van der Waals surface area contributed by atoms with E-state index in [1.54, 1.807) is 11.1 Å². The zero-order chi connectivity index (χ0) is 30.9. The van der Waals surface area contributed by atoms with Crippen molar-refractivity contribution < 1.29 is 0 Å². The lowest BCUT2D eigenvalue weighted by molar-refractivity contribution is 0.166. The van der Waals surface area contributed by atoms with Gasteiger partial charge in [-0.15, -0.1) is 0 Å². The van der Waals surface area contributed by atoms with E-state index in [9.17, 15) is 0 Å². The van der Waals surface area contributed by atoms with Crippen molar-refractivity contribution >= 4 is 61.7 Å². The Balaban J connectivity index is 1.20. The van der Waals surface area contributed by atoms with E-state index in [2.05, 4.69) is 117 Å². The third kappa shape index (κ3) is 3.14. The number of anilines is 3.